The molecule has 162 valence electrons. The van der Waals surface area contributed by atoms with E-state index in [0.29, 0.717) is 37.2 Å². The molecule has 0 atom stereocenters. The number of para-hydroxylation sites is 2. The van der Waals surface area contributed by atoms with Gasteiger partial charge in [0.1, 0.15) is 5.82 Å². The van der Waals surface area contributed by atoms with Gasteiger partial charge in [-0.3, -0.25) is 0 Å². The molecule has 1 fully saturated rings. The first-order valence-corrected chi connectivity index (χ1v) is 9.34. The van der Waals surface area contributed by atoms with Gasteiger partial charge in [-0.1, -0.05) is 18.2 Å². The third kappa shape index (κ3) is 5.99. The predicted octanol–water partition coefficient (Wildman–Crippen LogP) is 3.61. The molecule has 1 aliphatic heterocycles. The van der Waals surface area contributed by atoms with Crippen molar-refractivity contribution in [2.75, 3.05) is 23.3 Å². The van der Waals surface area contributed by atoms with E-state index in [1.54, 1.807) is 12.1 Å². The fourth-order valence-corrected chi connectivity index (χ4v) is 3.15. The lowest BCUT2D eigenvalue weighted by molar-refractivity contribution is -0.274. The standard InChI is InChI=1S/C20H22F4N4O2/c21-15-11-13(5-6-17(15)28-9-7-14(29)8-10-28)12-26-19(25)27-16-3-1-2-4-18(16)30-20(22,23)24/h1-6,11,14,29H,7-10,12H2,(H3,25,26,27). The molecule has 0 bridgehead atoms. The van der Waals surface area contributed by atoms with Gasteiger partial charge in [-0.2, -0.15) is 0 Å². The normalized spacial score (nSPS) is 15.9. The molecule has 10 heteroatoms. The average Bonchev–Trinajstić information content (AvgIpc) is 2.68. The van der Waals surface area contributed by atoms with E-state index in [9.17, 15) is 22.7 Å². The highest BCUT2D eigenvalue weighted by molar-refractivity contribution is 5.93. The number of rotatable bonds is 5. The number of ether oxygens (including phenoxy) is 1. The van der Waals surface area contributed by atoms with Gasteiger partial charge < -0.3 is 25.8 Å². The van der Waals surface area contributed by atoms with E-state index >= 15 is 0 Å². The molecule has 3 rings (SSSR count). The molecule has 0 aliphatic carbocycles. The van der Waals surface area contributed by atoms with Gasteiger partial charge in [0.25, 0.3) is 0 Å². The molecule has 2 aromatic rings. The monoisotopic (exact) mass is 426 g/mol. The van der Waals surface area contributed by atoms with Crippen molar-refractivity contribution in [2.24, 2.45) is 10.7 Å². The van der Waals surface area contributed by atoms with Crippen molar-refractivity contribution >= 4 is 17.3 Å². The number of nitrogens with one attached hydrogen (secondary N) is 1. The van der Waals surface area contributed by atoms with Crippen molar-refractivity contribution in [3.63, 3.8) is 0 Å². The molecule has 1 saturated heterocycles. The van der Waals surface area contributed by atoms with E-state index in [1.165, 1.54) is 24.3 Å². The Morgan fingerprint density at radius 2 is 1.90 bits per heavy atom. The number of hydrogen-bond donors (Lipinski definition) is 3. The van der Waals surface area contributed by atoms with Crippen molar-refractivity contribution in [3.05, 3.63) is 53.8 Å². The number of benzene rings is 2. The molecular formula is C20H22F4N4O2. The molecule has 6 nitrogen and oxygen atoms in total. The summed E-state index contributed by atoms with van der Waals surface area (Å²) in [6.07, 6.45) is -4.00. The van der Waals surface area contributed by atoms with E-state index in [2.05, 4.69) is 15.0 Å². The maximum absolute atomic E-state index is 14.5. The molecule has 0 unspecified atom stereocenters. The Balaban J connectivity index is 1.64. The van der Waals surface area contributed by atoms with Crippen LogP contribution in [-0.2, 0) is 6.54 Å². The molecule has 4 N–H and O–H groups in total. The first-order chi connectivity index (χ1) is 14.2. The fraction of sp³-hybridized carbons (Fsp3) is 0.350. The van der Waals surface area contributed by atoms with Gasteiger partial charge in [-0.25, -0.2) is 9.38 Å². The highest BCUT2D eigenvalue weighted by Crippen LogP contribution is 2.30. The first-order valence-electron chi connectivity index (χ1n) is 9.34. The van der Waals surface area contributed by atoms with Gasteiger partial charge in [-0.05, 0) is 42.7 Å². The van der Waals surface area contributed by atoms with Gasteiger partial charge in [-0.15, -0.1) is 13.2 Å². The third-order valence-electron chi connectivity index (χ3n) is 4.62. The zero-order valence-electron chi connectivity index (χ0n) is 16.0. The van der Waals surface area contributed by atoms with E-state index in [4.69, 9.17) is 5.73 Å². The topological polar surface area (TPSA) is 83.1 Å². The summed E-state index contributed by atoms with van der Waals surface area (Å²) in [5.74, 6) is -0.984. The zero-order valence-corrected chi connectivity index (χ0v) is 16.0. The molecule has 1 aliphatic rings. The molecule has 0 radical (unpaired) electrons. The maximum Gasteiger partial charge on any atom is 0.573 e. The summed E-state index contributed by atoms with van der Waals surface area (Å²) in [6.45, 7) is 1.19. The SMILES string of the molecule is NC(=NCc1ccc(N2CCC(O)CC2)c(F)c1)Nc1ccccc1OC(F)(F)F. The van der Waals surface area contributed by atoms with E-state index in [0.717, 1.165) is 6.07 Å². The molecule has 30 heavy (non-hydrogen) atoms. The largest absolute Gasteiger partial charge is 0.573 e. The molecular weight excluding hydrogens is 404 g/mol. The zero-order chi connectivity index (χ0) is 21.7. The number of nitrogens with zero attached hydrogens (tertiary/aromatic N) is 2. The Hall–Kier alpha value is -3.01. The fourth-order valence-electron chi connectivity index (χ4n) is 3.15. The van der Waals surface area contributed by atoms with Crippen LogP contribution in [0.4, 0.5) is 28.9 Å². The Labute approximate surface area is 171 Å². The van der Waals surface area contributed by atoms with Gasteiger partial charge in [0.15, 0.2) is 11.7 Å². The van der Waals surface area contributed by atoms with Crippen LogP contribution >= 0.6 is 0 Å². The quantitative estimate of drug-likeness (QED) is 0.387. The van der Waals surface area contributed by atoms with Crippen LogP contribution in [0.2, 0.25) is 0 Å². The molecule has 0 spiro atoms. The van der Waals surface area contributed by atoms with E-state index in [-0.39, 0.29) is 24.3 Å². The summed E-state index contributed by atoms with van der Waals surface area (Å²) in [7, 11) is 0. The Morgan fingerprint density at radius 3 is 2.57 bits per heavy atom. The summed E-state index contributed by atoms with van der Waals surface area (Å²) in [6, 6.07) is 10.1. The van der Waals surface area contributed by atoms with Crippen molar-refractivity contribution in [3.8, 4) is 5.75 Å². The Bertz CT molecular complexity index is 897. The summed E-state index contributed by atoms with van der Waals surface area (Å²) in [5.41, 5.74) is 6.78. The third-order valence-corrected chi connectivity index (χ3v) is 4.62. The first kappa shape index (κ1) is 21.7. The number of aliphatic imine (C=N–C) groups is 1. The van der Waals surface area contributed by atoms with Crippen molar-refractivity contribution < 1.29 is 27.4 Å². The molecule has 2 aromatic carbocycles. The smallest absolute Gasteiger partial charge is 0.404 e. The van der Waals surface area contributed by atoms with Crippen LogP contribution < -0.4 is 20.7 Å². The number of anilines is 2. The molecule has 1 heterocycles. The number of aliphatic hydroxyl groups is 1. The lowest BCUT2D eigenvalue weighted by Crippen LogP contribution is -2.36. The van der Waals surface area contributed by atoms with Gasteiger partial charge in [0.2, 0.25) is 0 Å². The maximum atomic E-state index is 14.5. The van der Waals surface area contributed by atoms with Crippen molar-refractivity contribution in [1.82, 2.24) is 0 Å². The number of alkyl halides is 3. The number of piperidine rings is 1. The second-order valence-electron chi connectivity index (χ2n) is 6.87. The minimum absolute atomic E-state index is 0.00453. The number of hydrogen-bond acceptors (Lipinski definition) is 4. The highest BCUT2D eigenvalue weighted by Gasteiger charge is 2.32. The summed E-state index contributed by atoms with van der Waals surface area (Å²) in [4.78, 5) is 5.93. The highest BCUT2D eigenvalue weighted by atomic mass is 19.4. The second kappa shape index (κ2) is 9.21. The molecule has 0 aromatic heterocycles. The van der Waals surface area contributed by atoms with Gasteiger partial charge in [0, 0.05) is 13.1 Å². The Morgan fingerprint density at radius 1 is 1.20 bits per heavy atom. The van der Waals surface area contributed by atoms with Crippen LogP contribution in [0.15, 0.2) is 47.5 Å². The predicted molar refractivity (Wildman–Crippen MR) is 106 cm³/mol. The number of halogens is 4. The second-order valence-corrected chi connectivity index (χ2v) is 6.87. The van der Waals surface area contributed by atoms with Crippen LogP contribution in [0.1, 0.15) is 18.4 Å². The minimum Gasteiger partial charge on any atom is -0.404 e. The lowest BCUT2D eigenvalue weighted by Gasteiger charge is -2.31. The van der Waals surface area contributed by atoms with Crippen LogP contribution in [0.25, 0.3) is 0 Å². The van der Waals surface area contributed by atoms with Crippen LogP contribution in [0.3, 0.4) is 0 Å². The van der Waals surface area contributed by atoms with Crippen molar-refractivity contribution in [1.29, 1.82) is 0 Å². The lowest BCUT2D eigenvalue weighted by atomic mass is 10.1. The summed E-state index contributed by atoms with van der Waals surface area (Å²) < 4.78 is 55.9. The number of guanidine groups is 1. The number of nitrogens with two attached hydrogens (primary N) is 1. The van der Waals surface area contributed by atoms with E-state index < -0.39 is 17.9 Å². The number of aliphatic hydroxyl groups excluding tert-OH is 1. The Kier molecular flexibility index (Phi) is 6.66. The van der Waals surface area contributed by atoms with Gasteiger partial charge in [0.05, 0.1) is 24.0 Å². The summed E-state index contributed by atoms with van der Waals surface area (Å²) >= 11 is 0. The van der Waals surface area contributed by atoms with Gasteiger partial charge >= 0.3 is 6.36 Å². The minimum atomic E-state index is -4.84. The van der Waals surface area contributed by atoms with Crippen LogP contribution in [-0.4, -0.2) is 36.6 Å². The van der Waals surface area contributed by atoms with E-state index in [1.807, 2.05) is 4.90 Å². The average molecular weight is 426 g/mol. The molecule has 0 saturated carbocycles. The summed E-state index contributed by atoms with van der Waals surface area (Å²) in [5, 5.41) is 12.1. The van der Waals surface area contributed by atoms with Crippen molar-refractivity contribution in [2.45, 2.75) is 31.9 Å². The van der Waals surface area contributed by atoms with Crippen LogP contribution in [0, 0.1) is 5.82 Å². The molecule has 0 amide bonds. The van der Waals surface area contributed by atoms with Crippen LogP contribution in [0.5, 0.6) is 5.75 Å².